The van der Waals surface area contributed by atoms with Gasteiger partial charge in [-0.25, -0.2) is 0 Å². The predicted octanol–water partition coefficient (Wildman–Crippen LogP) is 1.81. The number of hydrogen-bond acceptors (Lipinski definition) is 6. The van der Waals surface area contributed by atoms with Crippen LogP contribution in [-0.2, 0) is 9.53 Å². The van der Waals surface area contributed by atoms with Crippen LogP contribution in [0.25, 0.3) is 11.4 Å². The number of esters is 1. The van der Waals surface area contributed by atoms with Crippen LogP contribution in [0.2, 0.25) is 0 Å². The summed E-state index contributed by atoms with van der Waals surface area (Å²) in [7, 11) is 1.45. The lowest BCUT2D eigenvalue weighted by Gasteiger charge is -2.30. The van der Waals surface area contributed by atoms with Crippen molar-refractivity contribution in [2.24, 2.45) is 5.92 Å². The summed E-state index contributed by atoms with van der Waals surface area (Å²) in [5.41, 5.74) is 2.03. The monoisotopic (exact) mass is 315 g/mol. The molecule has 1 aliphatic heterocycles. The van der Waals surface area contributed by atoms with Gasteiger partial charge in [-0.05, 0) is 42.7 Å². The third-order valence-corrected chi connectivity index (χ3v) is 4.65. The maximum atomic E-state index is 12.1. The molecule has 0 radical (unpaired) electrons. The van der Waals surface area contributed by atoms with E-state index in [0.717, 1.165) is 24.1 Å². The van der Waals surface area contributed by atoms with Crippen LogP contribution in [0.4, 0.5) is 0 Å². The first-order valence-electron chi connectivity index (χ1n) is 7.79. The first-order valence-corrected chi connectivity index (χ1v) is 7.79. The van der Waals surface area contributed by atoms with E-state index in [2.05, 4.69) is 45.4 Å². The van der Waals surface area contributed by atoms with E-state index in [0.29, 0.717) is 11.7 Å². The summed E-state index contributed by atoms with van der Waals surface area (Å²) in [4.78, 5) is 14.3. The largest absolute Gasteiger partial charge is 0.468 e. The lowest BCUT2D eigenvalue weighted by Crippen LogP contribution is -2.41. The zero-order valence-corrected chi connectivity index (χ0v) is 13.6. The molecular weight excluding hydrogens is 294 g/mol. The first kappa shape index (κ1) is 15.6. The number of benzene rings is 1. The first-order chi connectivity index (χ1) is 11.1. The van der Waals surface area contributed by atoms with E-state index in [9.17, 15) is 4.79 Å². The van der Waals surface area contributed by atoms with Gasteiger partial charge < -0.3 is 4.74 Å². The molecule has 2 heterocycles. The number of rotatable bonds is 4. The van der Waals surface area contributed by atoms with Crippen LogP contribution in [-0.4, -0.2) is 51.2 Å². The fourth-order valence-electron chi connectivity index (χ4n) is 3.31. The third-order valence-electron chi connectivity index (χ3n) is 4.65. The maximum absolute atomic E-state index is 12.1. The molecule has 0 bridgehead atoms. The smallest absolute Gasteiger partial charge is 0.323 e. The molecule has 1 saturated heterocycles. The van der Waals surface area contributed by atoms with Crippen LogP contribution in [0, 0.1) is 5.92 Å². The van der Waals surface area contributed by atoms with Gasteiger partial charge in [-0.3, -0.25) is 9.69 Å². The van der Waals surface area contributed by atoms with Crippen molar-refractivity contribution in [2.75, 3.05) is 13.7 Å². The van der Waals surface area contributed by atoms with E-state index in [4.69, 9.17) is 4.74 Å². The summed E-state index contributed by atoms with van der Waals surface area (Å²) in [5, 5.41) is 14.1. The molecule has 0 saturated carbocycles. The van der Waals surface area contributed by atoms with E-state index in [1.165, 1.54) is 7.11 Å². The molecule has 3 atom stereocenters. The number of hydrogen-bond donors (Lipinski definition) is 1. The van der Waals surface area contributed by atoms with E-state index in [-0.39, 0.29) is 18.1 Å². The molecule has 7 heteroatoms. The molecule has 23 heavy (non-hydrogen) atoms. The molecule has 3 rings (SSSR count). The van der Waals surface area contributed by atoms with Gasteiger partial charge in [0, 0.05) is 11.6 Å². The van der Waals surface area contributed by atoms with E-state index in [1.807, 2.05) is 18.2 Å². The molecule has 1 aromatic carbocycles. The minimum absolute atomic E-state index is 0.107. The maximum Gasteiger partial charge on any atom is 0.323 e. The van der Waals surface area contributed by atoms with Crippen molar-refractivity contribution >= 4 is 5.97 Å². The Morgan fingerprint density at radius 1 is 1.48 bits per heavy atom. The van der Waals surface area contributed by atoms with Crippen molar-refractivity contribution in [2.45, 2.75) is 32.4 Å². The zero-order valence-electron chi connectivity index (χ0n) is 13.6. The Bertz CT molecular complexity index is 673. The quantitative estimate of drug-likeness (QED) is 0.866. The topological polar surface area (TPSA) is 84.0 Å². The summed E-state index contributed by atoms with van der Waals surface area (Å²) in [6.07, 6.45) is 0.995. The van der Waals surface area contributed by atoms with Gasteiger partial charge in [0.25, 0.3) is 0 Å². The minimum Gasteiger partial charge on any atom is -0.468 e. The van der Waals surface area contributed by atoms with E-state index < -0.39 is 0 Å². The average Bonchev–Trinajstić information content (AvgIpc) is 3.23. The number of methoxy groups -OCH3 is 1. The van der Waals surface area contributed by atoms with Gasteiger partial charge in [-0.1, -0.05) is 25.1 Å². The van der Waals surface area contributed by atoms with Crippen molar-refractivity contribution in [3.8, 4) is 11.4 Å². The van der Waals surface area contributed by atoms with Crippen LogP contribution in [0.1, 0.15) is 31.9 Å². The number of likely N-dealkylation sites (tertiary alicyclic amines) is 1. The Morgan fingerprint density at radius 2 is 2.30 bits per heavy atom. The second-order valence-electron chi connectivity index (χ2n) is 6.01. The number of aromatic nitrogens is 4. The molecule has 7 nitrogen and oxygen atoms in total. The summed E-state index contributed by atoms with van der Waals surface area (Å²) in [6.45, 7) is 5.10. The van der Waals surface area contributed by atoms with Gasteiger partial charge in [-0.15, -0.1) is 10.2 Å². The molecule has 0 aliphatic carbocycles. The van der Waals surface area contributed by atoms with E-state index >= 15 is 0 Å². The highest BCUT2D eigenvalue weighted by molar-refractivity contribution is 5.76. The fourth-order valence-corrected chi connectivity index (χ4v) is 3.31. The third kappa shape index (κ3) is 2.96. The number of aromatic amines is 1. The molecule has 3 unspecified atom stereocenters. The molecular formula is C16H21N5O2. The number of nitrogens with one attached hydrogen (secondary N) is 1. The highest BCUT2D eigenvalue weighted by Gasteiger charge is 2.40. The van der Waals surface area contributed by atoms with Gasteiger partial charge in [0.15, 0.2) is 0 Å². The van der Waals surface area contributed by atoms with Crippen molar-refractivity contribution in [1.29, 1.82) is 0 Å². The summed E-state index contributed by atoms with van der Waals surface area (Å²) in [5.74, 6) is 0.708. The molecule has 0 spiro atoms. The normalized spacial score (nSPS) is 22.9. The Morgan fingerprint density at radius 3 is 3.00 bits per heavy atom. The van der Waals surface area contributed by atoms with Crippen LogP contribution in [0.15, 0.2) is 24.3 Å². The number of carbonyl (C=O) groups excluding carboxylic acids is 1. The lowest BCUT2D eigenvalue weighted by atomic mass is 10.00. The number of tetrazole rings is 1. The van der Waals surface area contributed by atoms with Gasteiger partial charge in [0.1, 0.15) is 6.04 Å². The Kier molecular flexibility index (Phi) is 4.38. The van der Waals surface area contributed by atoms with Gasteiger partial charge in [-0.2, -0.15) is 5.21 Å². The number of ether oxygens (including phenoxy) is 1. The molecule has 1 aliphatic rings. The van der Waals surface area contributed by atoms with Gasteiger partial charge in [0.2, 0.25) is 5.82 Å². The van der Waals surface area contributed by atoms with Gasteiger partial charge in [0.05, 0.1) is 7.11 Å². The number of H-pyrrole nitrogens is 1. The minimum atomic E-state index is -0.191. The number of carbonyl (C=O) groups is 1. The molecule has 122 valence electrons. The second kappa shape index (κ2) is 6.45. The highest BCUT2D eigenvalue weighted by Crippen LogP contribution is 2.34. The van der Waals surface area contributed by atoms with Gasteiger partial charge >= 0.3 is 5.97 Å². The standard InChI is InChI=1S/C16H21N5O2/c1-10-7-8-21(14(10)16(22)23-3)11(2)12-5-4-6-13(9-12)15-17-19-20-18-15/h4-6,9-11,14H,7-8H2,1-3H3,(H,17,18,19,20). The summed E-state index contributed by atoms with van der Waals surface area (Å²) < 4.78 is 4.99. The molecule has 1 fully saturated rings. The molecule has 1 N–H and O–H groups in total. The Hall–Kier alpha value is -2.28. The highest BCUT2D eigenvalue weighted by atomic mass is 16.5. The fraction of sp³-hybridized carbons (Fsp3) is 0.500. The van der Waals surface area contributed by atoms with Crippen LogP contribution >= 0.6 is 0 Å². The van der Waals surface area contributed by atoms with Crippen molar-refractivity contribution in [3.05, 3.63) is 29.8 Å². The van der Waals surface area contributed by atoms with E-state index in [1.54, 1.807) is 0 Å². The Labute approximate surface area is 135 Å². The number of nitrogens with zero attached hydrogens (tertiary/aromatic N) is 4. The lowest BCUT2D eigenvalue weighted by molar-refractivity contribution is -0.147. The van der Waals surface area contributed by atoms with Crippen molar-refractivity contribution < 1.29 is 9.53 Å². The second-order valence-corrected chi connectivity index (χ2v) is 6.01. The molecule has 0 amide bonds. The van der Waals surface area contributed by atoms with Crippen LogP contribution in [0.5, 0.6) is 0 Å². The van der Waals surface area contributed by atoms with Crippen molar-refractivity contribution in [1.82, 2.24) is 25.5 Å². The SMILES string of the molecule is COC(=O)C1C(C)CCN1C(C)c1cccc(-c2nn[nH]n2)c1. The van der Waals surface area contributed by atoms with Crippen LogP contribution in [0.3, 0.4) is 0 Å². The predicted molar refractivity (Wildman–Crippen MR) is 84.3 cm³/mol. The zero-order chi connectivity index (χ0) is 16.4. The summed E-state index contributed by atoms with van der Waals surface area (Å²) in [6, 6.07) is 7.95. The summed E-state index contributed by atoms with van der Waals surface area (Å²) >= 11 is 0. The van der Waals surface area contributed by atoms with Crippen LogP contribution < -0.4 is 0 Å². The molecule has 1 aromatic heterocycles. The van der Waals surface area contributed by atoms with Crippen molar-refractivity contribution in [3.63, 3.8) is 0 Å². The average molecular weight is 315 g/mol. The Balaban J connectivity index is 1.86. The molecule has 2 aromatic rings.